The number of carbonyl (C=O) groups is 1. The zero-order chi connectivity index (χ0) is 18.1. The molecule has 1 heterocycles. The van der Waals surface area contributed by atoms with Crippen LogP contribution in [0.15, 0.2) is 35.8 Å². The van der Waals surface area contributed by atoms with Crippen molar-refractivity contribution in [1.29, 1.82) is 0 Å². The zero-order valence-corrected chi connectivity index (χ0v) is 14.6. The SMILES string of the molecule is Cc1ncsc1C(NC(=O)OCCCCON(O)O)c1ccccc1. The van der Waals surface area contributed by atoms with E-state index >= 15 is 0 Å². The molecule has 2 rings (SSSR count). The van der Waals surface area contributed by atoms with Crippen molar-refractivity contribution >= 4 is 17.4 Å². The minimum absolute atomic E-state index is 0.116. The van der Waals surface area contributed by atoms with Crippen LogP contribution in [0.2, 0.25) is 0 Å². The fraction of sp³-hybridized carbons (Fsp3) is 0.375. The minimum Gasteiger partial charge on any atom is -0.450 e. The predicted octanol–water partition coefficient (Wildman–Crippen LogP) is 3.06. The van der Waals surface area contributed by atoms with Crippen LogP contribution in [0.4, 0.5) is 4.79 Å². The standard InChI is InChI=1S/C16H21N3O5S/c1-12-15(25-11-17-12)14(13-7-3-2-4-8-13)18-16(20)23-9-5-6-10-24-19(21)22/h2-4,7-8,11,14,21-22H,5-6,9-10H2,1H3,(H,18,20). The van der Waals surface area contributed by atoms with Crippen molar-refractivity contribution in [2.45, 2.75) is 25.8 Å². The molecule has 8 nitrogen and oxygen atoms in total. The van der Waals surface area contributed by atoms with E-state index in [1.807, 2.05) is 37.3 Å². The third-order valence-corrected chi connectivity index (χ3v) is 4.41. The monoisotopic (exact) mass is 367 g/mol. The Bertz CT molecular complexity index is 650. The van der Waals surface area contributed by atoms with Crippen molar-refractivity contribution in [2.24, 2.45) is 0 Å². The Balaban J connectivity index is 1.87. The number of aromatic nitrogens is 1. The van der Waals surface area contributed by atoms with Crippen LogP contribution >= 0.6 is 11.3 Å². The Morgan fingerprint density at radius 3 is 2.64 bits per heavy atom. The Morgan fingerprint density at radius 1 is 1.28 bits per heavy atom. The lowest BCUT2D eigenvalue weighted by Crippen LogP contribution is -2.30. The van der Waals surface area contributed by atoms with Crippen LogP contribution in [0.3, 0.4) is 0 Å². The maximum absolute atomic E-state index is 12.1. The van der Waals surface area contributed by atoms with Gasteiger partial charge >= 0.3 is 6.09 Å². The molecule has 0 aliphatic carbocycles. The smallest absolute Gasteiger partial charge is 0.407 e. The number of amides is 1. The first-order valence-corrected chi connectivity index (χ1v) is 8.65. The first-order valence-electron chi connectivity index (χ1n) is 7.77. The van der Waals surface area contributed by atoms with Gasteiger partial charge in [0.2, 0.25) is 0 Å². The minimum atomic E-state index is -0.520. The van der Waals surface area contributed by atoms with Crippen LogP contribution < -0.4 is 5.32 Å². The molecule has 1 amide bonds. The second-order valence-electron chi connectivity index (χ2n) is 5.22. The number of aryl methyl sites for hydroxylation is 1. The Morgan fingerprint density at radius 2 is 2.00 bits per heavy atom. The quantitative estimate of drug-likeness (QED) is 0.462. The van der Waals surface area contributed by atoms with Crippen molar-refractivity contribution in [2.75, 3.05) is 13.2 Å². The molecule has 2 aromatic rings. The third-order valence-electron chi connectivity index (χ3n) is 3.42. The molecule has 3 N–H and O–H groups in total. The summed E-state index contributed by atoms with van der Waals surface area (Å²) in [7, 11) is 0. The van der Waals surface area contributed by atoms with Crippen LogP contribution in [0, 0.1) is 6.92 Å². The molecule has 0 aliphatic heterocycles. The summed E-state index contributed by atoms with van der Waals surface area (Å²) in [6.07, 6.45) is 0.533. The highest BCUT2D eigenvalue weighted by Gasteiger charge is 2.21. The highest BCUT2D eigenvalue weighted by atomic mass is 32.1. The Labute approximate surface area is 149 Å². The second kappa shape index (κ2) is 10.1. The molecule has 0 spiro atoms. The van der Waals surface area contributed by atoms with Crippen LogP contribution in [-0.4, -0.2) is 40.1 Å². The number of ether oxygens (including phenoxy) is 1. The van der Waals surface area contributed by atoms with Gasteiger partial charge in [-0.15, -0.1) is 11.3 Å². The zero-order valence-electron chi connectivity index (χ0n) is 13.8. The lowest BCUT2D eigenvalue weighted by Gasteiger charge is -2.18. The summed E-state index contributed by atoms with van der Waals surface area (Å²) in [4.78, 5) is 21.7. The fourth-order valence-electron chi connectivity index (χ4n) is 2.21. The fourth-order valence-corrected chi connectivity index (χ4v) is 3.09. The molecule has 1 unspecified atom stereocenters. The summed E-state index contributed by atoms with van der Waals surface area (Å²) in [6.45, 7) is 2.22. The van der Waals surface area contributed by atoms with E-state index in [9.17, 15) is 4.79 Å². The van der Waals surface area contributed by atoms with Gasteiger partial charge in [-0.2, -0.15) is 0 Å². The molecule has 0 aliphatic rings. The van der Waals surface area contributed by atoms with Crippen LogP contribution in [0.1, 0.15) is 35.0 Å². The highest BCUT2D eigenvalue weighted by molar-refractivity contribution is 7.09. The molecule has 0 saturated carbocycles. The van der Waals surface area contributed by atoms with E-state index in [1.165, 1.54) is 11.3 Å². The van der Waals surface area contributed by atoms with E-state index in [-0.39, 0.29) is 24.6 Å². The normalized spacial score (nSPS) is 12.2. The summed E-state index contributed by atoms with van der Waals surface area (Å²) in [5.74, 6) is 0. The molecule has 1 aromatic heterocycles. The number of unbranched alkanes of at least 4 members (excludes halogenated alkanes) is 1. The number of thiazole rings is 1. The molecule has 0 radical (unpaired) electrons. The van der Waals surface area contributed by atoms with Crippen LogP contribution in [0.25, 0.3) is 0 Å². The first-order chi connectivity index (χ1) is 12.1. The maximum atomic E-state index is 12.1. The van der Waals surface area contributed by atoms with Crippen molar-refractivity contribution in [3.05, 3.63) is 52.0 Å². The van der Waals surface area contributed by atoms with E-state index in [0.717, 1.165) is 16.1 Å². The van der Waals surface area contributed by atoms with Crippen molar-refractivity contribution in [1.82, 2.24) is 15.7 Å². The largest absolute Gasteiger partial charge is 0.450 e. The summed E-state index contributed by atoms with van der Waals surface area (Å²) < 4.78 is 5.18. The molecule has 0 fully saturated rings. The van der Waals surface area contributed by atoms with Crippen LogP contribution in [0.5, 0.6) is 0 Å². The lowest BCUT2D eigenvalue weighted by molar-refractivity contribution is -0.492. The van der Waals surface area contributed by atoms with E-state index < -0.39 is 6.09 Å². The van der Waals surface area contributed by atoms with Gasteiger partial charge in [0, 0.05) is 0 Å². The number of carbonyl (C=O) groups excluding carboxylic acids is 1. The molecule has 9 heteroatoms. The van der Waals surface area contributed by atoms with Gasteiger partial charge < -0.3 is 10.1 Å². The Kier molecular flexibility index (Phi) is 7.76. The summed E-state index contributed by atoms with van der Waals surface area (Å²) in [5.41, 5.74) is 3.57. The van der Waals surface area contributed by atoms with Gasteiger partial charge in [-0.3, -0.25) is 15.3 Å². The topological polar surface area (TPSA) is 104 Å². The van der Waals surface area contributed by atoms with Crippen molar-refractivity contribution in [3.63, 3.8) is 0 Å². The highest BCUT2D eigenvalue weighted by Crippen LogP contribution is 2.27. The lowest BCUT2D eigenvalue weighted by atomic mass is 10.0. The molecule has 0 bridgehead atoms. The Hall–Kier alpha value is -2.04. The van der Waals surface area contributed by atoms with Crippen molar-refractivity contribution in [3.8, 4) is 0 Å². The van der Waals surface area contributed by atoms with Gasteiger partial charge in [-0.05, 0) is 25.3 Å². The molecular formula is C16H21N3O5S. The third kappa shape index (κ3) is 6.40. The molecule has 1 atom stereocenters. The van der Waals surface area contributed by atoms with Gasteiger partial charge in [-0.1, -0.05) is 30.3 Å². The van der Waals surface area contributed by atoms with Gasteiger partial charge in [0.05, 0.1) is 40.7 Å². The number of nitrogens with zero attached hydrogens (tertiary/aromatic N) is 2. The number of rotatable bonds is 9. The summed E-state index contributed by atoms with van der Waals surface area (Å²) in [5, 5.41) is 19.3. The first kappa shape index (κ1) is 19.3. The van der Waals surface area contributed by atoms with Gasteiger partial charge in [0.25, 0.3) is 0 Å². The average Bonchev–Trinajstić information content (AvgIpc) is 3.02. The summed E-state index contributed by atoms with van der Waals surface area (Å²) in [6, 6.07) is 9.31. The molecule has 25 heavy (non-hydrogen) atoms. The molecule has 0 saturated heterocycles. The van der Waals surface area contributed by atoms with E-state index in [1.54, 1.807) is 5.51 Å². The number of hydrogen-bond acceptors (Lipinski definition) is 8. The molecular weight excluding hydrogens is 346 g/mol. The average molecular weight is 367 g/mol. The number of hydrogen-bond donors (Lipinski definition) is 3. The van der Waals surface area contributed by atoms with E-state index in [2.05, 4.69) is 15.1 Å². The predicted molar refractivity (Wildman–Crippen MR) is 90.2 cm³/mol. The maximum Gasteiger partial charge on any atom is 0.407 e. The number of alkyl carbamates (subject to hydrolysis) is 1. The second-order valence-corrected chi connectivity index (χ2v) is 6.11. The van der Waals surface area contributed by atoms with Crippen molar-refractivity contribution < 1.29 is 24.8 Å². The number of benzene rings is 1. The summed E-state index contributed by atoms with van der Waals surface area (Å²) >= 11 is 1.48. The molecule has 136 valence electrons. The van der Waals surface area contributed by atoms with Gasteiger partial charge in [0.15, 0.2) is 0 Å². The molecule has 1 aromatic carbocycles. The van der Waals surface area contributed by atoms with Gasteiger partial charge in [-0.25, -0.2) is 9.78 Å². The number of nitrogens with one attached hydrogen (secondary N) is 1. The van der Waals surface area contributed by atoms with Gasteiger partial charge in [0.1, 0.15) is 0 Å². The van der Waals surface area contributed by atoms with E-state index in [4.69, 9.17) is 15.2 Å². The van der Waals surface area contributed by atoms with E-state index in [0.29, 0.717) is 12.8 Å². The van der Waals surface area contributed by atoms with Crippen LogP contribution in [-0.2, 0) is 9.57 Å².